The van der Waals surface area contributed by atoms with Crippen molar-refractivity contribution in [3.05, 3.63) is 75.8 Å². The van der Waals surface area contributed by atoms with Crippen LogP contribution < -0.4 is 42.2 Å². The van der Waals surface area contributed by atoms with Gasteiger partial charge in [0.15, 0.2) is 11.7 Å². The molecule has 0 spiro atoms. The molecule has 8 N–H and O–H groups in total. The second-order valence-corrected chi connectivity index (χ2v) is 11.1. The summed E-state index contributed by atoms with van der Waals surface area (Å²) in [5.41, 5.74) is 6.57. The third kappa shape index (κ3) is 11.4. The number of nitrogens with two attached hydrogens (primary N) is 2. The largest absolute Gasteiger partial charge is 0.485 e. The fourth-order valence-corrected chi connectivity index (χ4v) is 4.76. The van der Waals surface area contributed by atoms with E-state index in [1.54, 1.807) is 0 Å². The average Bonchev–Trinajstić information content (AvgIpc) is 3.55. The molecule has 1 atom stereocenters. The minimum absolute atomic E-state index is 0.0510. The number of benzene rings is 3. The topological polar surface area (TPSA) is 208 Å². The number of guanidine groups is 1. The first-order valence-corrected chi connectivity index (χ1v) is 15.2. The zero-order valence-corrected chi connectivity index (χ0v) is 26.5. The summed E-state index contributed by atoms with van der Waals surface area (Å²) >= 11 is 0. The standard InChI is InChI=1S/C31H32F6N8O6/c32-30(33,34)17-11-20(45(48)49)15-23(12-17)50-21-6-4-19(5-7-21)42-29(47)44-25-14-18(31(35,36)37)13-24(27(25)51-22-8-10-40-16-22)43-26(46)3-1-2-9-41-28(38)39/h4-7,11-15,22,40H,1-3,8-10,16H2,(H,43,46)(H4,38,39,41)(H2,42,44,47)/t22-/m1/s1. The lowest BCUT2D eigenvalue weighted by atomic mass is 10.1. The number of alkyl halides is 6. The number of nitrogens with zero attached hydrogens (tertiary/aromatic N) is 2. The SMILES string of the molecule is NC(N)=NCCCCC(=O)Nc1cc(C(F)(F)F)cc(NC(=O)Nc2ccc(Oc3cc([N+](=O)[O-])cc(C(F)(F)F)c3)cc2)c1O[C@@H]1CCNC1. The molecule has 3 amide bonds. The molecule has 1 aliphatic rings. The summed E-state index contributed by atoms with van der Waals surface area (Å²) in [5.74, 6) is -1.47. The number of anilines is 3. The van der Waals surface area contributed by atoms with Gasteiger partial charge in [0.05, 0.1) is 33.5 Å². The number of ether oxygens (including phenoxy) is 2. The monoisotopic (exact) mass is 726 g/mol. The van der Waals surface area contributed by atoms with Crippen LogP contribution in [0.4, 0.5) is 53.9 Å². The van der Waals surface area contributed by atoms with Crippen LogP contribution in [0.3, 0.4) is 0 Å². The Morgan fingerprint density at radius 3 is 2.14 bits per heavy atom. The molecule has 14 nitrogen and oxygen atoms in total. The molecule has 0 radical (unpaired) electrons. The predicted octanol–water partition coefficient (Wildman–Crippen LogP) is 6.19. The van der Waals surface area contributed by atoms with Gasteiger partial charge in [-0.2, -0.15) is 26.3 Å². The maximum atomic E-state index is 14.0. The third-order valence-electron chi connectivity index (χ3n) is 7.12. The van der Waals surface area contributed by atoms with Crippen molar-refractivity contribution in [3.8, 4) is 17.2 Å². The second kappa shape index (κ2) is 16.3. The normalized spacial score (nSPS) is 14.4. The van der Waals surface area contributed by atoms with E-state index in [0.29, 0.717) is 56.6 Å². The predicted molar refractivity (Wildman–Crippen MR) is 174 cm³/mol. The molecule has 0 aromatic heterocycles. The Morgan fingerprint density at radius 1 is 0.902 bits per heavy atom. The summed E-state index contributed by atoms with van der Waals surface area (Å²) in [6.45, 7) is 1.17. The van der Waals surface area contributed by atoms with Crippen molar-refractivity contribution < 1.29 is 50.3 Å². The highest BCUT2D eigenvalue weighted by Crippen LogP contribution is 2.42. The number of amides is 3. The van der Waals surface area contributed by atoms with Crippen molar-refractivity contribution in [1.29, 1.82) is 0 Å². The highest BCUT2D eigenvalue weighted by Gasteiger charge is 2.35. The van der Waals surface area contributed by atoms with Crippen LogP contribution in [0.2, 0.25) is 0 Å². The Kier molecular flexibility index (Phi) is 12.1. The lowest BCUT2D eigenvalue weighted by molar-refractivity contribution is -0.385. The number of carbonyl (C=O) groups is 2. The summed E-state index contributed by atoms with van der Waals surface area (Å²) in [7, 11) is 0. The number of urea groups is 1. The van der Waals surface area contributed by atoms with Crippen LogP contribution in [0.5, 0.6) is 17.2 Å². The van der Waals surface area contributed by atoms with E-state index in [1.807, 2.05) is 0 Å². The summed E-state index contributed by atoms with van der Waals surface area (Å²) in [6, 6.07) is 7.10. The number of rotatable bonds is 13. The number of hydrogen-bond donors (Lipinski definition) is 6. The minimum atomic E-state index is -4.88. The van der Waals surface area contributed by atoms with Gasteiger partial charge in [-0.1, -0.05) is 0 Å². The summed E-state index contributed by atoms with van der Waals surface area (Å²) in [6.07, 6.45) is -9.09. The quantitative estimate of drug-likeness (QED) is 0.0296. The molecule has 1 heterocycles. The van der Waals surface area contributed by atoms with E-state index in [9.17, 15) is 46.0 Å². The molecule has 0 bridgehead atoms. The number of hydrogen-bond acceptors (Lipinski definition) is 8. The Morgan fingerprint density at radius 2 is 1.55 bits per heavy atom. The second-order valence-electron chi connectivity index (χ2n) is 11.1. The fraction of sp³-hybridized carbons (Fsp3) is 0.323. The van der Waals surface area contributed by atoms with E-state index in [2.05, 4.69) is 26.3 Å². The molecule has 274 valence electrons. The van der Waals surface area contributed by atoms with E-state index in [0.717, 1.165) is 6.07 Å². The van der Waals surface area contributed by atoms with E-state index in [1.165, 1.54) is 24.3 Å². The first kappa shape index (κ1) is 38.0. The van der Waals surface area contributed by atoms with Crippen molar-refractivity contribution >= 4 is 40.6 Å². The van der Waals surface area contributed by atoms with E-state index >= 15 is 0 Å². The van der Waals surface area contributed by atoms with Crippen LogP contribution >= 0.6 is 0 Å². The summed E-state index contributed by atoms with van der Waals surface area (Å²) in [4.78, 5) is 39.7. The first-order chi connectivity index (χ1) is 24.0. The molecule has 1 aliphatic heterocycles. The van der Waals surface area contributed by atoms with Crippen molar-refractivity contribution in [2.75, 3.05) is 35.6 Å². The van der Waals surface area contributed by atoms with Crippen molar-refractivity contribution in [1.82, 2.24) is 5.32 Å². The maximum absolute atomic E-state index is 14.0. The molecule has 1 saturated heterocycles. The number of nitrogens with one attached hydrogen (secondary N) is 4. The summed E-state index contributed by atoms with van der Waals surface area (Å²) < 4.78 is 93.0. The van der Waals surface area contributed by atoms with Crippen LogP contribution in [0, 0.1) is 10.1 Å². The van der Waals surface area contributed by atoms with Crippen LogP contribution in [0.1, 0.15) is 36.8 Å². The Labute approximate surface area is 285 Å². The first-order valence-electron chi connectivity index (χ1n) is 15.2. The van der Waals surface area contributed by atoms with Crippen LogP contribution in [0.25, 0.3) is 0 Å². The number of nitro benzene ring substituents is 1. The van der Waals surface area contributed by atoms with Crippen molar-refractivity contribution in [2.24, 2.45) is 16.5 Å². The molecule has 0 aliphatic carbocycles. The van der Waals surface area contributed by atoms with Gasteiger partial charge in [-0.25, -0.2) is 4.79 Å². The van der Waals surface area contributed by atoms with E-state index < -0.39 is 63.6 Å². The third-order valence-corrected chi connectivity index (χ3v) is 7.12. The van der Waals surface area contributed by atoms with Gasteiger partial charge in [-0.05, 0) is 68.3 Å². The molecular weight excluding hydrogens is 694 g/mol. The van der Waals surface area contributed by atoms with Gasteiger partial charge in [-0.15, -0.1) is 0 Å². The molecule has 0 unspecified atom stereocenters. The number of nitro groups is 1. The van der Waals surface area contributed by atoms with Crippen molar-refractivity contribution in [3.63, 3.8) is 0 Å². The zero-order valence-electron chi connectivity index (χ0n) is 26.5. The van der Waals surface area contributed by atoms with E-state index in [4.69, 9.17) is 20.9 Å². The minimum Gasteiger partial charge on any atom is -0.485 e. The number of carbonyl (C=O) groups excluding carboxylic acids is 2. The highest BCUT2D eigenvalue weighted by atomic mass is 19.4. The molecule has 20 heteroatoms. The van der Waals surface area contributed by atoms with Crippen molar-refractivity contribution in [2.45, 2.75) is 44.1 Å². The molecular formula is C31H32F6N8O6. The van der Waals surface area contributed by atoms with Crippen LogP contribution in [-0.2, 0) is 17.1 Å². The molecule has 51 heavy (non-hydrogen) atoms. The van der Waals surface area contributed by atoms with Crippen LogP contribution in [-0.4, -0.2) is 48.6 Å². The fourth-order valence-electron chi connectivity index (χ4n) is 4.76. The number of non-ortho nitro benzene ring substituents is 1. The molecule has 0 saturated carbocycles. The lowest BCUT2D eigenvalue weighted by Gasteiger charge is -2.22. The Bertz CT molecular complexity index is 1760. The molecule has 1 fully saturated rings. The lowest BCUT2D eigenvalue weighted by Crippen LogP contribution is -2.25. The highest BCUT2D eigenvalue weighted by molar-refractivity contribution is 6.02. The molecule has 3 aromatic carbocycles. The zero-order chi connectivity index (χ0) is 37.3. The van der Waals surface area contributed by atoms with Gasteiger partial charge in [-0.3, -0.25) is 19.9 Å². The van der Waals surface area contributed by atoms with Gasteiger partial charge in [0.25, 0.3) is 5.69 Å². The summed E-state index contributed by atoms with van der Waals surface area (Å²) in [5, 5.41) is 21.4. The molecule has 3 aromatic rings. The van der Waals surface area contributed by atoms with Gasteiger partial charge < -0.3 is 42.2 Å². The maximum Gasteiger partial charge on any atom is 0.416 e. The number of halogens is 6. The average molecular weight is 727 g/mol. The number of unbranched alkanes of at least 4 members (excludes halogenated alkanes) is 1. The van der Waals surface area contributed by atoms with Gasteiger partial charge in [0.1, 0.15) is 17.6 Å². The van der Waals surface area contributed by atoms with Gasteiger partial charge in [0, 0.05) is 31.3 Å². The van der Waals surface area contributed by atoms with Gasteiger partial charge >= 0.3 is 18.4 Å². The Hall–Kier alpha value is -5.79. The molecule has 4 rings (SSSR count). The Balaban J connectivity index is 1.53. The number of aliphatic imine (C=N–C) groups is 1. The van der Waals surface area contributed by atoms with Crippen LogP contribution in [0.15, 0.2) is 59.6 Å². The van der Waals surface area contributed by atoms with E-state index in [-0.39, 0.29) is 41.8 Å². The van der Waals surface area contributed by atoms with Gasteiger partial charge in [0.2, 0.25) is 5.91 Å². The smallest absolute Gasteiger partial charge is 0.416 e.